The van der Waals surface area contributed by atoms with E-state index in [1.54, 1.807) is 0 Å². The lowest BCUT2D eigenvalue weighted by Crippen LogP contribution is -2.47. The van der Waals surface area contributed by atoms with Crippen molar-refractivity contribution in [1.29, 1.82) is 0 Å². The predicted molar refractivity (Wildman–Crippen MR) is 74.7 cm³/mol. The molecule has 5 nitrogen and oxygen atoms in total. The first-order chi connectivity index (χ1) is 9.22. The number of rotatable bonds is 5. The first kappa shape index (κ1) is 14.8. The molecule has 1 unspecified atom stereocenters. The van der Waals surface area contributed by atoms with Crippen molar-refractivity contribution in [1.82, 2.24) is 10.2 Å². The molecule has 1 amide bonds. The minimum atomic E-state index is 0.145. The van der Waals surface area contributed by atoms with Gasteiger partial charge < -0.3 is 15.8 Å². The van der Waals surface area contributed by atoms with E-state index < -0.39 is 0 Å². The van der Waals surface area contributed by atoms with E-state index in [2.05, 4.69) is 17.1 Å². The fourth-order valence-electron chi connectivity index (χ4n) is 3.21. The average molecular weight is 269 g/mol. The summed E-state index contributed by atoms with van der Waals surface area (Å²) in [5, 5.41) is 3.08. The topological polar surface area (TPSA) is 67.6 Å². The summed E-state index contributed by atoms with van der Waals surface area (Å²) in [7, 11) is 0. The Labute approximate surface area is 115 Å². The van der Waals surface area contributed by atoms with Gasteiger partial charge in [-0.05, 0) is 32.2 Å². The third-order valence-corrected chi connectivity index (χ3v) is 4.50. The third-order valence-electron chi connectivity index (χ3n) is 4.50. The number of hydrogen-bond donors (Lipinski definition) is 2. The van der Waals surface area contributed by atoms with Crippen molar-refractivity contribution in [3.63, 3.8) is 0 Å². The van der Waals surface area contributed by atoms with Crippen LogP contribution in [0.3, 0.4) is 0 Å². The molecule has 1 saturated heterocycles. The molecule has 2 fully saturated rings. The molecule has 0 radical (unpaired) electrons. The molecule has 0 aromatic heterocycles. The Bertz CT molecular complexity index is 298. The maximum Gasteiger partial charge on any atom is 0.223 e. The van der Waals surface area contributed by atoms with Crippen molar-refractivity contribution < 1.29 is 9.53 Å². The molecule has 0 spiro atoms. The number of nitrogens with two attached hydrogens (primary N) is 1. The second kappa shape index (κ2) is 7.22. The van der Waals surface area contributed by atoms with E-state index in [1.807, 2.05) is 0 Å². The quantitative estimate of drug-likeness (QED) is 0.748. The fourth-order valence-corrected chi connectivity index (χ4v) is 3.21. The first-order valence-corrected chi connectivity index (χ1v) is 7.52. The zero-order chi connectivity index (χ0) is 13.7. The van der Waals surface area contributed by atoms with E-state index >= 15 is 0 Å². The highest BCUT2D eigenvalue weighted by Crippen LogP contribution is 2.30. The lowest BCUT2D eigenvalue weighted by molar-refractivity contribution is -0.126. The van der Waals surface area contributed by atoms with Gasteiger partial charge in [-0.2, -0.15) is 0 Å². The standard InChI is InChI=1S/C14H27N3O2/c1-11-10-19-8-7-17(11)6-5-16-14(18)13-4-2-3-12(13)9-15/h11-13H,2-10,15H2,1H3,(H,16,18)/t11?,12-,13-/m1/s1. The molecule has 0 aromatic rings. The maximum absolute atomic E-state index is 12.1. The molecule has 3 atom stereocenters. The van der Waals surface area contributed by atoms with Gasteiger partial charge in [-0.25, -0.2) is 0 Å². The molecule has 2 aliphatic rings. The Kier molecular flexibility index (Phi) is 5.60. The normalized spacial score (nSPS) is 32.4. The highest BCUT2D eigenvalue weighted by molar-refractivity contribution is 5.79. The Morgan fingerprint density at radius 1 is 1.47 bits per heavy atom. The summed E-state index contributed by atoms with van der Waals surface area (Å²) in [5.74, 6) is 0.739. The summed E-state index contributed by atoms with van der Waals surface area (Å²) in [4.78, 5) is 14.5. The van der Waals surface area contributed by atoms with Crippen LogP contribution >= 0.6 is 0 Å². The minimum absolute atomic E-state index is 0.145. The van der Waals surface area contributed by atoms with Crippen LogP contribution in [0.25, 0.3) is 0 Å². The number of nitrogens with one attached hydrogen (secondary N) is 1. The van der Waals surface area contributed by atoms with Gasteiger partial charge in [-0.3, -0.25) is 9.69 Å². The van der Waals surface area contributed by atoms with E-state index in [0.29, 0.717) is 18.5 Å². The van der Waals surface area contributed by atoms with Crippen LogP contribution in [0.4, 0.5) is 0 Å². The van der Waals surface area contributed by atoms with E-state index in [-0.39, 0.29) is 11.8 Å². The number of hydrogen-bond acceptors (Lipinski definition) is 4. The second-order valence-electron chi connectivity index (χ2n) is 5.78. The summed E-state index contributed by atoms with van der Waals surface area (Å²) in [6.45, 7) is 7.02. The molecule has 110 valence electrons. The van der Waals surface area contributed by atoms with Crippen LogP contribution < -0.4 is 11.1 Å². The molecular weight excluding hydrogens is 242 g/mol. The highest BCUT2D eigenvalue weighted by atomic mass is 16.5. The van der Waals surface area contributed by atoms with Crippen LogP contribution in [-0.2, 0) is 9.53 Å². The summed E-state index contributed by atoms with van der Waals surface area (Å²) < 4.78 is 5.41. The van der Waals surface area contributed by atoms with Crippen LogP contribution in [0.2, 0.25) is 0 Å². The monoisotopic (exact) mass is 269 g/mol. The number of carbonyl (C=O) groups excluding carboxylic acids is 1. The van der Waals surface area contributed by atoms with E-state index in [9.17, 15) is 4.79 Å². The van der Waals surface area contributed by atoms with Crippen LogP contribution in [0.1, 0.15) is 26.2 Å². The lowest BCUT2D eigenvalue weighted by atomic mass is 9.95. The average Bonchev–Trinajstić information content (AvgIpc) is 2.89. The number of morpholine rings is 1. The Hall–Kier alpha value is -0.650. The van der Waals surface area contributed by atoms with E-state index in [0.717, 1.165) is 52.1 Å². The number of nitrogens with zero attached hydrogens (tertiary/aromatic N) is 1. The highest BCUT2D eigenvalue weighted by Gasteiger charge is 2.31. The van der Waals surface area contributed by atoms with E-state index in [4.69, 9.17) is 10.5 Å². The summed E-state index contributed by atoms with van der Waals surface area (Å²) in [6.07, 6.45) is 3.25. The first-order valence-electron chi connectivity index (χ1n) is 7.52. The SMILES string of the molecule is CC1COCCN1CCNC(=O)[C@@H]1CCC[C@@H]1CN. The van der Waals surface area contributed by atoms with Crippen molar-refractivity contribution >= 4 is 5.91 Å². The summed E-state index contributed by atoms with van der Waals surface area (Å²) in [5.41, 5.74) is 5.72. The number of amides is 1. The van der Waals surface area contributed by atoms with Crippen molar-refractivity contribution in [2.45, 2.75) is 32.2 Å². The molecule has 19 heavy (non-hydrogen) atoms. The van der Waals surface area contributed by atoms with Gasteiger partial charge in [0.05, 0.1) is 13.2 Å². The molecule has 3 N–H and O–H groups in total. The van der Waals surface area contributed by atoms with Gasteiger partial charge in [0.1, 0.15) is 0 Å². The fraction of sp³-hybridized carbons (Fsp3) is 0.929. The molecule has 1 aliphatic carbocycles. The van der Waals surface area contributed by atoms with Crippen LogP contribution in [0, 0.1) is 11.8 Å². The van der Waals surface area contributed by atoms with Gasteiger partial charge in [-0.15, -0.1) is 0 Å². The third kappa shape index (κ3) is 3.91. The Morgan fingerprint density at radius 3 is 3.05 bits per heavy atom. The van der Waals surface area contributed by atoms with Gasteiger partial charge >= 0.3 is 0 Å². The van der Waals surface area contributed by atoms with Crippen LogP contribution in [0.15, 0.2) is 0 Å². The lowest BCUT2D eigenvalue weighted by Gasteiger charge is -2.33. The van der Waals surface area contributed by atoms with Gasteiger partial charge in [-0.1, -0.05) is 6.42 Å². The molecule has 1 heterocycles. The smallest absolute Gasteiger partial charge is 0.223 e. The second-order valence-corrected chi connectivity index (χ2v) is 5.78. The number of carbonyl (C=O) groups is 1. The summed E-state index contributed by atoms with van der Waals surface area (Å²) in [6, 6.07) is 0.453. The van der Waals surface area contributed by atoms with Crippen molar-refractivity contribution in [2.75, 3.05) is 39.4 Å². The number of ether oxygens (including phenoxy) is 1. The predicted octanol–water partition coefficient (Wildman–Crippen LogP) is 0.198. The van der Waals surface area contributed by atoms with Crippen LogP contribution in [0.5, 0.6) is 0 Å². The van der Waals surface area contributed by atoms with Gasteiger partial charge in [0, 0.05) is 31.6 Å². The van der Waals surface area contributed by atoms with Crippen LogP contribution in [-0.4, -0.2) is 56.2 Å². The molecular formula is C14H27N3O2. The van der Waals surface area contributed by atoms with Crippen molar-refractivity contribution in [2.24, 2.45) is 17.6 Å². The Morgan fingerprint density at radius 2 is 2.32 bits per heavy atom. The largest absolute Gasteiger partial charge is 0.379 e. The summed E-state index contributed by atoms with van der Waals surface area (Å²) >= 11 is 0. The van der Waals surface area contributed by atoms with Gasteiger partial charge in [0.25, 0.3) is 0 Å². The molecule has 0 aromatic carbocycles. The molecule has 5 heteroatoms. The molecule has 0 bridgehead atoms. The molecule has 1 aliphatic heterocycles. The van der Waals surface area contributed by atoms with E-state index in [1.165, 1.54) is 0 Å². The zero-order valence-corrected chi connectivity index (χ0v) is 11.9. The Balaban J connectivity index is 1.68. The molecule has 2 rings (SSSR count). The van der Waals surface area contributed by atoms with Gasteiger partial charge in [0.2, 0.25) is 5.91 Å². The van der Waals surface area contributed by atoms with Crippen molar-refractivity contribution in [3.8, 4) is 0 Å². The maximum atomic E-state index is 12.1. The van der Waals surface area contributed by atoms with Crippen molar-refractivity contribution in [3.05, 3.63) is 0 Å². The van der Waals surface area contributed by atoms with Gasteiger partial charge in [0.15, 0.2) is 0 Å². The minimum Gasteiger partial charge on any atom is -0.379 e. The molecule has 1 saturated carbocycles. The zero-order valence-electron chi connectivity index (χ0n) is 11.9.